The van der Waals surface area contributed by atoms with Crippen molar-refractivity contribution in [3.63, 3.8) is 0 Å². The van der Waals surface area contributed by atoms with Crippen LogP contribution in [0.5, 0.6) is 0 Å². The Morgan fingerprint density at radius 3 is 2.57 bits per heavy atom. The van der Waals surface area contributed by atoms with Gasteiger partial charge in [-0.25, -0.2) is 4.39 Å². The fraction of sp³-hybridized carbons (Fsp3) is 0.111. The van der Waals surface area contributed by atoms with Crippen LogP contribution >= 0.6 is 11.6 Å². The molecule has 0 aliphatic carbocycles. The van der Waals surface area contributed by atoms with Crippen molar-refractivity contribution < 1.29 is 19.1 Å². The summed E-state index contributed by atoms with van der Waals surface area (Å²) in [5, 5.41) is 7.62. The average molecular weight is 217 g/mol. The van der Waals surface area contributed by atoms with E-state index in [1.165, 1.54) is 12.1 Å². The molecule has 0 aliphatic rings. The molecule has 0 amide bonds. The fourth-order valence-corrected chi connectivity index (χ4v) is 1.25. The Bertz CT molecular complexity index is 390. The minimum absolute atomic E-state index is 0.103. The second-order valence-electron chi connectivity index (χ2n) is 2.61. The molecular weight excluding hydrogens is 211 g/mol. The summed E-state index contributed by atoms with van der Waals surface area (Å²) in [5.74, 6) is -1.95. The number of benzene rings is 1. The molecular formula is C9H6ClFO3. The fourth-order valence-electron chi connectivity index (χ4n) is 1.07. The van der Waals surface area contributed by atoms with Crippen LogP contribution in [0.25, 0.3) is 0 Å². The normalized spacial score (nSPS) is 9.86. The molecule has 0 aromatic heterocycles. The lowest BCUT2D eigenvalue weighted by molar-refractivity contribution is -0.136. The third kappa shape index (κ3) is 2.29. The van der Waals surface area contributed by atoms with Gasteiger partial charge in [-0.2, -0.15) is 0 Å². The molecule has 74 valence electrons. The zero-order chi connectivity index (χ0) is 10.7. The number of rotatable bonds is 3. The van der Waals surface area contributed by atoms with Crippen LogP contribution in [-0.2, 0) is 11.2 Å². The van der Waals surface area contributed by atoms with Crippen LogP contribution in [0.3, 0.4) is 0 Å². The van der Waals surface area contributed by atoms with Crippen LogP contribution in [0, 0.1) is 5.82 Å². The molecule has 0 saturated heterocycles. The smallest absolute Gasteiger partial charge is 0.307 e. The summed E-state index contributed by atoms with van der Waals surface area (Å²) in [6, 6.07) is 3.68. The molecule has 5 heteroatoms. The molecule has 1 N–H and O–H groups in total. The van der Waals surface area contributed by atoms with Gasteiger partial charge in [-0.1, -0.05) is 6.07 Å². The van der Waals surface area contributed by atoms with E-state index >= 15 is 0 Å². The largest absolute Gasteiger partial charge is 0.481 e. The zero-order valence-electron chi connectivity index (χ0n) is 6.96. The minimum atomic E-state index is -1.21. The van der Waals surface area contributed by atoms with Crippen LogP contribution < -0.4 is 0 Å². The van der Waals surface area contributed by atoms with Gasteiger partial charge in [0.2, 0.25) is 0 Å². The number of carbonyl (C=O) groups excluding carboxylic acids is 1. The first-order valence-corrected chi connectivity index (χ1v) is 4.09. The van der Waals surface area contributed by atoms with Crippen LogP contribution in [0.1, 0.15) is 15.9 Å². The SMILES string of the molecule is O=C(O)Cc1c(F)cccc1C(=O)Cl. The predicted molar refractivity (Wildman–Crippen MR) is 47.9 cm³/mol. The summed E-state index contributed by atoms with van der Waals surface area (Å²) in [7, 11) is 0. The Morgan fingerprint density at radius 1 is 1.43 bits per heavy atom. The summed E-state index contributed by atoms with van der Waals surface area (Å²) in [4.78, 5) is 21.2. The lowest BCUT2D eigenvalue weighted by Crippen LogP contribution is -2.07. The van der Waals surface area contributed by atoms with Gasteiger partial charge in [-0.3, -0.25) is 9.59 Å². The topological polar surface area (TPSA) is 54.4 Å². The quantitative estimate of drug-likeness (QED) is 0.785. The maximum Gasteiger partial charge on any atom is 0.307 e. The predicted octanol–water partition coefficient (Wildman–Crippen LogP) is 1.83. The Balaban J connectivity index is 3.22. The number of hydrogen-bond donors (Lipinski definition) is 1. The Hall–Kier alpha value is -1.42. The molecule has 1 rings (SSSR count). The average Bonchev–Trinajstić information content (AvgIpc) is 2.07. The number of aliphatic carboxylic acids is 1. The lowest BCUT2D eigenvalue weighted by atomic mass is 10.1. The molecule has 0 saturated carbocycles. The van der Waals surface area contributed by atoms with Crippen molar-refractivity contribution in [1.82, 2.24) is 0 Å². The van der Waals surface area contributed by atoms with Gasteiger partial charge in [0.05, 0.1) is 6.42 Å². The minimum Gasteiger partial charge on any atom is -0.481 e. The van der Waals surface area contributed by atoms with Crippen LogP contribution in [0.2, 0.25) is 0 Å². The summed E-state index contributed by atoms with van der Waals surface area (Å²) in [5.41, 5.74) is -0.283. The van der Waals surface area contributed by atoms with E-state index < -0.39 is 23.4 Å². The van der Waals surface area contributed by atoms with Gasteiger partial charge in [0.15, 0.2) is 0 Å². The highest BCUT2D eigenvalue weighted by molar-refractivity contribution is 6.67. The Kier molecular flexibility index (Phi) is 3.19. The van der Waals surface area contributed by atoms with Crippen molar-refractivity contribution in [2.24, 2.45) is 0 Å². The maximum absolute atomic E-state index is 13.1. The van der Waals surface area contributed by atoms with Crippen LogP contribution in [0.15, 0.2) is 18.2 Å². The summed E-state index contributed by atoms with van der Waals surface area (Å²) in [6.07, 6.45) is -0.555. The summed E-state index contributed by atoms with van der Waals surface area (Å²) >= 11 is 5.17. The molecule has 0 radical (unpaired) electrons. The van der Waals surface area contributed by atoms with Crippen molar-refractivity contribution in [1.29, 1.82) is 0 Å². The number of hydrogen-bond acceptors (Lipinski definition) is 2. The van der Waals surface area contributed by atoms with Gasteiger partial charge in [0.1, 0.15) is 5.82 Å². The molecule has 0 heterocycles. The van der Waals surface area contributed by atoms with Gasteiger partial charge < -0.3 is 5.11 Å². The van der Waals surface area contributed by atoms with E-state index in [1.807, 2.05) is 0 Å². The first kappa shape index (κ1) is 10.7. The van der Waals surface area contributed by atoms with Gasteiger partial charge in [-0.15, -0.1) is 0 Å². The van der Waals surface area contributed by atoms with E-state index in [9.17, 15) is 14.0 Å². The van der Waals surface area contributed by atoms with Crippen molar-refractivity contribution in [3.05, 3.63) is 35.1 Å². The Labute approximate surface area is 84.1 Å². The number of carboxylic acids is 1. The van der Waals surface area contributed by atoms with Crippen molar-refractivity contribution >= 4 is 22.8 Å². The van der Waals surface area contributed by atoms with Crippen LogP contribution in [0.4, 0.5) is 4.39 Å². The number of carbonyl (C=O) groups is 2. The van der Waals surface area contributed by atoms with Crippen molar-refractivity contribution in [3.8, 4) is 0 Å². The highest BCUT2D eigenvalue weighted by atomic mass is 35.5. The van der Waals surface area contributed by atoms with Crippen molar-refractivity contribution in [2.75, 3.05) is 0 Å². The van der Waals surface area contributed by atoms with Gasteiger partial charge in [-0.05, 0) is 23.7 Å². The molecule has 0 fully saturated rings. The van der Waals surface area contributed by atoms with Crippen LogP contribution in [-0.4, -0.2) is 16.3 Å². The maximum atomic E-state index is 13.1. The lowest BCUT2D eigenvalue weighted by Gasteiger charge is -2.03. The molecule has 1 aromatic rings. The molecule has 0 unspecified atom stereocenters. The third-order valence-corrected chi connectivity index (χ3v) is 1.86. The standard InChI is InChI=1S/C9H6ClFO3/c10-9(14)5-2-1-3-7(11)6(5)4-8(12)13/h1-3H,4H2,(H,12,13). The molecule has 0 spiro atoms. The van der Waals surface area contributed by atoms with E-state index in [2.05, 4.69) is 0 Å². The first-order chi connectivity index (χ1) is 6.52. The molecule has 14 heavy (non-hydrogen) atoms. The Morgan fingerprint density at radius 2 is 2.07 bits per heavy atom. The summed E-state index contributed by atoms with van der Waals surface area (Å²) in [6.45, 7) is 0. The van der Waals surface area contributed by atoms with Gasteiger partial charge in [0.25, 0.3) is 5.24 Å². The van der Waals surface area contributed by atoms with E-state index in [0.717, 1.165) is 6.07 Å². The van der Waals surface area contributed by atoms with E-state index in [-0.39, 0.29) is 11.1 Å². The molecule has 1 aromatic carbocycles. The number of halogens is 2. The third-order valence-electron chi connectivity index (χ3n) is 1.66. The monoisotopic (exact) mass is 216 g/mol. The highest BCUT2D eigenvalue weighted by Gasteiger charge is 2.15. The first-order valence-electron chi connectivity index (χ1n) is 3.71. The van der Waals surface area contributed by atoms with Crippen molar-refractivity contribution in [2.45, 2.75) is 6.42 Å². The van der Waals surface area contributed by atoms with E-state index in [4.69, 9.17) is 16.7 Å². The number of carboxylic acid groups (broad SMARTS) is 1. The molecule has 3 nitrogen and oxygen atoms in total. The molecule has 0 atom stereocenters. The van der Waals surface area contributed by atoms with E-state index in [0.29, 0.717) is 0 Å². The highest BCUT2D eigenvalue weighted by Crippen LogP contribution is 2.16. The second-order valence-corrected chi connectivity index (χ2v) is 2.95. The second kappa shape index (κ2) is 4.19. The molecule has 0 aliphatic heterocycles. The van der Waals surface area contributed by atoms with E-state index in [1.54, 1.807) is 0 Å². The van der Waals surface area contributed by atoms with Gasteiger partial charge in [0, 0.05) is 11.1 Å². The van der Waals surface area contributed by atoms with Gasteiger partial charge >= 0.3 is 5.97 Å². The summed E-state index contributed by atoms with van der Waals surface area (Å²) < 4.78 is 13.1. The molecule has 0 bridgehead atoms. The zero-order valence-corrected chi connectivity index (χ0v) is 7.71.